The van der Waals surface area contributed by atoms with E-state index < -0.39 is 0 Å². The van der Waals surface area contributed by atoms with Crippen LogP contribution in [0.4, 0.5) is 0 Å². The molecule has 0 aromatic rings. The van der Waals surface area contributed by atoms with Crippen molar-refractivity contribution in [1.29, 1.82) is 0 Å². The maximum absolute atomic E-state index is 8.86. The lowest BCUT2D eigenvalue weighted by Crippen LogP contribution is -2.30. The van der Waals surface area contributed by atoms with Crippen molar-refractivity contribution in [2.45, 2.75) is 44.9 Å². The number of rotatable bonds is 13. The number of halogens is 1. The molecule has 0 radical (unpaired) electrons. The van der Waals surface area contributed by atoms with Crippen LogP contribution in [-0.4, -0.2) is 53.3 Å². The Bertz CT molecular complexity index is 141. The largest absolute Gasteiger partial charge is 0.395 e. The third kappa shape index (κ3) is 12.6. The SMILES string of the molecule is OCCN(CCO)CCCCCCCCCBr. The van der Waals surface area contributed by atoms with Gasteiger partial charge in [-0.3, -0.25) is 4.90 Å². The topological polar surface area (TPSA) is 43.7 Å². The third-order valence-electron chi connectivity index (χ3n) is 2.94. The van der Waals surface area contributed by atoms with E-state index in [-0.39, 0.29) is 13.2 Å². The van der Waals surface area contributed by atoms with Crippen molar-refractivity contribution in [2.24, 2.45) is 0 Å². The Hall–Kier alpha value is 0.360. The first kappa shape index (κ1) is 17.4. The molecule has 0 saturated carbocycles. The Kier molecular flexibility index (Phi) is 14.7. The number of aliphatic hydroxyl groups is 2. The highest BCUT2D eigenvalue weighted by atomic mass is 79.9. The van der Waals surface area contributed by atoms with E-state index in [0.29, 0.717) is 13.1 Å². The molecule has 0 atom stereocenters. The highest BCUT2D eigenvalue weighted by Gasteiger charge is 2.02. The summed E-state index contributed by atoms with van der Waals surface area (Å²) in [5.74, 6) is 0. The lowest BCUT2D eigenvalue weighted by molar-refractivity contribution is 0.159. The zero-order chi connectivity index (χ0) is 12.8. The summed E-state index contributed by atoms with van der Waals surface area (Å²) in [6, 6.07) is 0. The monoisotopic (exact) mass is 309 g/mol. The second-order valence-electron chi connectivity index (χ2n) is 4.45. The molecule has 0 heterocycles. The smallest absolute Gasteiger partial charge is 0.0558 e. The van der Waals surface area contributed by atoms with Crippen molar-refractivity contribution < 1.29 is 10.2 Å². The molecule has 0 aliphatic carbocycles. The van der Waals surface area contributed by atoms with E-state index in [1.54, 1.807) is 0 Å². The van der Waals surface area contributed by atoms with E-state index in [1.807, 2.05) is 0 Å². The lowest BCUT2D eigenvalue weighted by atomic mass is 10.1. The minimum atomic E-state index is 0.187. The number of unbranched alkanes of at least 4 members (excludes halogenated alkanes) is 6. The lowest BCUT2D eigenvalue weighted by Gasteiger charge is -2.19. The van der Waals surface area contributed by atoms with Gasteiger partial charge in [-0.05, 0) is 19.4 Å². The number of aliphatic hydroxyl groups excluding tert-OH is 2. The predicted molar refractivity (Wildman–Crippen MR) is 76.7 cm³/mol. The van der Waals surface area contributed by atoms with E-state index >= 15 is 0 Å². The standard InChI is InChI=1S/C13H28BrNO2/c14-8-6-4-2-1-3-5-7-9-15(10-12-16)11-13-17/h16-17H,1-13H2. The van der Waals surface area contributed by atoms with Gasteiger partial charge in [-0.15, -0.1) is 0 Å². The van der Waals surface area contributed by atoms with Crippen molar-refractivity contribution in [3.63, 3.8) is 0 Å². The molecule has 4 heteroatoms. The van der Waals surface area contributed by atoms with Crippen LogP contribution in [0.15, 0.2) is 0 Å². The van der Waals surface area contributed by atoms with Gasteiger partial charge >= 0.3 is 0 Å². The fourth-order valence-electron chi connectivity index (χ4n) is 1.93. The third-order valence-corrected chi connectivity index (χ3v) is 3.50. The highest BCUT2D eigenvalue weighted by Crippen LogP contribution is 2.08. The summed E-state index contributed by atoms with van der Waals surface area (Å²) in [5, 5.41) is 18.8. The molecular formula is C13H28BrNO2. The summed E-state index contributed by atoms with van der Waals surface area (Å²) in [4.78, 5) is 2.13. The van der Waals surface area contributed by atoms with Crippen LogP contribution in [-0.2, 0) is 0 Å². The molecule has 0 aliphatic heterocycles. The maximum Gasteiger partial charge on any atom is 0.0558 e. The van der Waals surface area contributed by atoms with Gasteiger partial charge in [-0.2, -0.15) is 0 Å². The van der Waals surface area contributed by atoms with Crippen molar-refractivity contribution in [2.75, 3.05) is 38.2 Å². The average molecular weight is 310 g/mol. The molecule has 0 rings (SSSR count). The summed E-state index contributed by atoms with van der Waals surface area (Å²) in [5.41, 5.74) is 0. The molecule has 0 spiro atoms. The van der Waals surface area contributed by atoms with Crippen molar-refractivity contribution in [3.8, 4) is 0 Å². The number of hydrogen-bond donors (Lipinski definition) is 2. The summed E-state index contributed by atoms with van der Waals surface area (Å²) in [6.07, 6.45) is 9.08. The summed E-state index contributed by atoms with van der Waals surface area (Å²) < 4.78 is 0. The van der Waals surface area contributed by atoms with Gasteiger partial charge in [-0.25, -0.2) is 0 Å². The van der Waals surface area contributed by atoms with Crippen LogP contribution in [0.1, 0.15) is 44.9 Å². The normalized spacial score (nSPS) is 11.3. The minimum Gasteiger partial charge on any atom is -0.395 e. The zero-order valence-corrected chi connectivity index (χ0v) is 12.5. The summed E-state index contributed by atoms with van der Waals surface area (Å²) >= 11 is 3.44. The molecule has 0 aromatic heterocycles. The molecule has 104 valence electrons. The Morgan fingerprint density at radius 2 is 1.12 bits per heavy atom. The van der Waals surface area contributed by atoms with Gasteiger partial charge in [0.2, 0.25) is 0 Å². The van der Waals surface area contributed by atoms with Gasteiger partial charge in [0, 0.05) is 18.4 Å². The van der Waals surface area contributed by atoms with E-state index in [9.17, 15) is 0 Å². The molecule has 3 nitrogen and oxygen atoms in total. The molecule has 0 bridgehead atoms. The van der Waals surface area contributed by atoms with Crippen LogP contribution in [0, 0.1) is 0 Å². The van der Waals surface area contributed by atoms with Gasteiger partial charge < -0.3 is 10.2 Å². The van der Waals surface area contributed by atoms with E-state index in [2.05, 4.69) is 20.8 Å². The maximum atomic E-state index is 8.86. The Balaban J connectivity index is 3.23. The van der Waals surface area contributed by atoms with Gasteiger partial charge in [0.15, 0.2) is 0 Å². The first-order valence-corrected chi connectivity index (χ1v) is 7.97. The van der Waals surface area contributed by atoms with E-state index in [4.69, 9.17) is 10.2 Å². The van der Waals surface area contributed by atoms with E-state index in [0.717, 1.165) is 11.9 Å². The molecule has 0 unspecified atom stereocenters. The van der Waals surface area contributed by atoms with Crippen LogP contribution in [0.5, 0.6) is 0 Å². The predicted octanol–water partition coefficient (Wildman–Crippen LogP) is 2.40. The molecule has 0 amide bonds. The highest BCUT2D eigenvalue weighted by molar-refractivity contribution is 9.09. The first-order valence-electron chi connectivity index (χ1n) is 6.85. The summed E-state index contributed by atoms with van der Waals surface area (Å²) in [7, 11) is 0. The molecule has 0 saturated heterocycles. The molecular weight excluding hydrogens is 282 g/mol. The van der Waals surface area contributed by atoms with Crippen LogP contribution in [0.3, 0.4) is 0 Å². The van der Waals surface area contributed by atoms with Crippen LogP contribution in [0.25, 0.3) is 0 Å². The fourth-order valence-corrected chi connectivity index (χ4v) is 2.33. The summed E-state index contributed by atoms with van der Waals surface area (Å²) in [6.45, 7) is 2.75. The quantitative estimate of drug-likeness (QED) is 0.405. The van der Waals surface area contributed by atoms with Crippen molar-refractivity contribution in [3.05, 3.63) is 0 Å². The van der Waals surface area contributed by atoms with Crippen LogP contribution >= 0.6 is 15.9 Å². The first-order chi connectivity index (χ1) is 8.35. The van der Waals surface area contributed by atoms with Gasteiger partial charge in [-0.1, -0.05) is 48.0 Å². The molecule has 2 N–H and O–H groups in total. The average Bonchev–Trinajstić information content (AvgIpc) is 2.33. The number of nitrogens with zero attached hydrogens (tertiary/aromatic N) is 1. The second kappa shape index (κ2) is 14.4. The zero-order valence-electron chi connectivity index (χ0n) is 10.9. The Morgan fingerprint density at radius 3 is 1.59 bits per heavy atom. The van der Waals surface area contributed by atoms with Crippen LogP contribution in [0.2, 0.25) is 0 Å². The van der Waals surface area contributed by atoms with Gasteiger partial charge in [0.25, 0.3) is 0 Å². The van der Waals surface area contributed by atoms with Gasteiger partial charge in [0.1, 0.15) is 0 Å². The number of hydrogen-bond acceptors (Lipinski definition) is 3. The van der Waals surface area contributed by atoms with Crippen LogP contribution < -0.4 is 0 Å². The second-order valence-corrected chi connectivity index (χ2v) is 5.25. The molecule has 0 fully saturated rings. The molecule has 0 aliphatic rings. The Labute approximate surface area is 114 Å². The Morgan fingerprint density at radius 1 is 0.647 bits per heavy atom. The molecule has 17 heavy (non-hydrogen) atoms. The van der Waals surface area contributed by atoms with Crippen molar-refractivity contribution >= 4 is 15.9 Å². The van der Waals surface area contributed by atoms with Gasteiger partial charge in [0.05, 0.1) is 13.2 Å². The number of alkyl halides is 1. The fraction of sp³-hybridized carbons (Fsp3) is 1.00. The minimum absolute atomic E-state index is 0.187. The molecule has 0 aromatic carbocycles. The van der Waals surface area contributed by atoms with Crippen molar-refractivity contribution in [1.82, 2.24) is 4.90 Å². The van der Waals surface area contributed by atoms with E-state index in [1.165, 1.54) is 44.9 Å².